The third kappa shape index (κ3) is 4.93. The average molecular weight is 267 g/mol. The first-order valence-corrected chi connectivity index (χ1v) is 7.35. The fraction of sp³-hybridized carbons (Fsp3) is 0.462. The van der Waals surface area contributed by atoms with E-state index in [1.54, 1.807) is 23.5 Å². The van der Waals surface area contributed by atoms with Gasteiger partial charge in [-0.25, -0.2) is 0 Å². The van der Waals surface area contributed by atoms with Crippen molar-refractivity contribution in [3.63, 3.8) is 0 Å². The fourth-order valence-electron chi connectivity index (χ4n) is 1.39. The maximum Gasteiger partial charge on any atom is 0.205 e. The summed E-state index contributed by atoms with van der Waals surface area (Å²) >= 11 is 3.57. The Labute approximate surface area is 112 Å². The fourth-order valence-corrected chi connectivity index (χ4v) is 3.54. The number of rotatable bonds is 6. The highest BCUT2D eigenvalue weighted by atomic mass is 32.2. The second kappa shape index (κ2) is 7.52. The molecular formula is C13H17NOS2. The van der Waals surface area contributed by atoms with Crippen LogP contribution in [0.3, 0.4) is 0 Å². The summed E-state index contributed by atoms with van der Waals surface area (Å²) in [5, 5.41) is 4.45. The van der Waals surface area contributed by atoms with E-state index in [9.17, 15) is 4.79 Å². The number of hydrogen-bond acceptors (Lipinski definition) is 4. The summed E-state index contributed by atoms with van der Waals surface area (Å²) in [7, 11) is 1.95. The smallest absolute Gasteiger partial charge is 0.205 e. The van der Waals surface area contributed by atoms with Crippen LogP contribution in [0.4, 0.5) is 0 Å². The summed E-state index contributed by atoms with van der Waals surface area (Å²) in [6.45, 7) is 2.14. The first-order valence-electron chi connectivity index (χ1n) is 5.55. The van der Waals surface area contributed by atoms with Gasteiger partial charge in [-0.2, -0.15) is 0 Å². The zero-order chi connectivity index (χ0) is 12.7. The highest BCUT2D eigenvalue weighted by Gasteiger charge is 2.11. The van der Waals surface area contributed by atoms with Crippen molar-refractivity contribution in [2.75, 3.05) is 12.8 Å². The molecule has 0 aromatic heterocycles. The van der Waals surface area contributed by atoms with Gasteiger partial charge in [0, 0.05) is 17.7 Å². The number of carbonyl (C=O) groups is 1. The summed E-state index contributed by atoms with van der Waals surface area (Å²) in [4.78, 5) is 10.9. The lowest BCUT2D eigenvalue weighted by molar-refractivity contribution is -0.113. The zero-order valence-electron chi connectivity index (χ0n) is 10.2. The Morgan fingerprint density at radius 3 is 3.12 bits per heavy atom. The predicted molar refractivity (Wildman–Crippen MR) is 77.6 cm³/mol. The number of carbonyl (C=O) groups excluding carboxylic acids is 1. The van der Waals surface area contributed by atoms with Gasteiger partial charge in [-0.3, -0.25) is 4.79 Å². The van der Waals surface area contributed by atoms with Gasteiger partial charge in [-0.1, -0.05) is 17.8 Å². The van der Waals surface area contributed by atoms with Gasteiger partial charge in [0.25, 0.3) is 0 Å². The van der Waals surface area contributed by atoms with Crippen molar-refractivity contribution in [3.05, 3.63) is 20.9 Å². The second-order valence-electron chi connectivity index (χ2n) is 3.71. The van der Waals surface area contributed by atoms with Gasteiger partial charge in [-0.05, 0) is 37.0 Å². The molecule has 0 radical (unpaired) electrons. The molecule has 92 valence electrons. The van der Waals surface area contributed by atoms with Crippen molar-refractivity contribution in [1.82, 2.24) is 5.32 Å². The number of allylic oxidation sites excluding steroid dienone is 2. The molecule has 2 nitrogen and oxygen atoms in total. The number of hydrogen-bond donors (Lipinski definition) is 1. The van der Waals surface area contributed by atoms with Crippen LogP contribution >= 0.6 is 23.5 Å². The lowest BCUT2D eigenvalue weighted by Crippen LogP contribution is -2.07. The number of terminal acetylenes is 1. The molecule has 1 aliphatic heterocycles. The molecule has 0 aliphatic carbocycles. The summed E-state index contributed by atoms with van der Waals surface area (Å²) < 4.78 is 1.31. The van der Waals surface area contributed by atoms with Crippen LogP contribution in [0.1, 0.15) is 26.2 Å². The summed E-state index contributed by atoms with van der Waals surface area (Å²) in [5.41, 5.74) is 1.38. The normalized spacial score (nSPS) is 15.2. The van der Waals surface area contributed by atoms with E-state index in [2.05, 4.69) is 24.2 Å². The minimum atomic E-state index is -0.0949. The maximum absolute atomic E-state index is 10.9. The third-order valence-corrected chi connectivity index (χ3v) is 5.02. The zero-order valence-corrected chi connectivity index (χ0v) is 11.8. The van der Waals surface area contributed by atoms with Gasteiger partial charge in [-0.15, -0.1) is 18.2 Å². The Hall–Kier alpha value is -0.790. The quantitative estimate of drug-likeness (QED) is 0.455. The van der Waals surface area contributed by atoms with Crippen molar-refractivity contribution in [2.24, 2.45) is 0 Å². The standard InChI is InChI=1S/C13H17NOS2/c1-4-11(15)6-5-9-16-12-8-7-10(2)13(14-3)17-12/h1,8,14H,5-7,9H2,2-3H3. The van der Waals surface area contributed by atoms with Gasteiger partial charge in [0.2, 0.25) is 5.78 Å². The van der Waals surface area contributed by atoms with Gasteiger partial charge in [0.15, 0.2) is 0 Å². The van der Waals surface area contributed by atoms with E-state index in [0.717, 1.165) is 18.6 Å². The molecule has 0 atom stereocenters. The van der Waals surface area contributed by atoms with E-state index in [-0.39, 0.29) is 5.78 Å². The Kier molecular flexibility index (Phi) is 6.31. The van der Waals surface area contributed by atoms with E-state index >= 15 is 0 Å². The summed E-state index contributed by atoms with van der Waals surface area (Å²) in [6.07, 6.45) is 9.61. The summed E-state index contributed by atoms with van der Waals surface area (Å²) in [6, 6.07) is 0. The van der Waals surface area contributed by atoms with Gasteiger partial charge >= 0.3 is 0 Å². The Morgan fingerprint density at radius 2 is 2.47 bits per heavy atom. The molecule has 0 amide bonds. The average Bonchev–Trinajstić information content (AvgIpc) is 2.36. The maximum atomic E-state index is 10.9. The molecule has 1 aliphatic rings. The number of nitrogens with one attached hydrogen (secondary N) is 1. The molecule has 1 N–H and O–H groups in total. The van der Waals surface area contributed by atoms with Gasteiger partial charge < -0.3 is 5.32 Å². The minimum Gasteiger partial charge on any atom is -0.383 e. The Balaban J connectivity index is 2.26. The van der Waals surface area contributed by atoms with Crippen molar-refractivity contribution in [3.8, 4) is 12.3 Å². The van der Waals surface area contributed by atoms with Crippen molar-refractivity contribution in [2.45, 2.75) is 26.2 Å². The molecule has 1 heterocycles. The third-order valence-electron chi connectivity index (χ3n) is 2.35. The monoisotopic (exact) mass is 267 g/mol. The molecule has 0 spiro atoms. The lowest BCUT2D eigenvalue weighted by atomic mass is 10.2. The molecule has 0 saturated heterocycles. The SMILES string of the molecule is C#CC(=O)CCCSC1=CCC(C)=C(NC)S1. The van der Waals surface area contributed by atoms with E-state index in [1.165, 1.54) is 14.8 Å². The van der Waals surface area contributed by atoms with Crippen molar-refractivity contribution < 1.29 is 4.79 Å². The van der Waals surface area contributed by atoms with E-state index in [0.29, 0.717) is 6.42 Å². The minimum absolute atomic E-state index is 0.0949. The Bertz CT molecular complexity index is 391. The van der Waals surface area contributed by atoms with Crippen LogP contribution in [0.5, 0.6) is 0 Å². The molecular weight excluding hydrogens is 250 g/mol. The lowest BCUT2D eigenvalue weighted by Gasteiger charge is -2.17. The number of Topliss-reactive ketones (excluding diaryl/α,β-unsaturated/α-hetero) is 1. The van der Waals surface area contributed by atoms with Crippen LogP contribution in [0.2, 0.25) is 0 Å². The Morgan fingerprint density at radius 1 is 1.71 bits per heavy atom. The summed E-state index contributed by atoms with van der Waals surface area (Å²) in [5.74, 6) is 2.99. The molecule has 0 saturated carbocycles. The largest absolute Gasteiger partial charge is 0.383 e. The van der Waals surface area contributed by atoms with Crippen LogP contribution < -0.4 is 5.32 Å². The van der Waals surface area contributed by atoms with E-state index in [1.807, 2.05) is 7.05 Å². The molecule has 0 bridgehead atoms. The van der Waals surface area contributed by atoms with E-state index < -0.39 is 0 Å². The topological polar surface area (TPSA) is 29.1 Å². The molecule has 0 aromatic rings. The highest BCUT2D eigenvalue weighted by Crippen LogP contribution is 2.39. The van der Waals surface area contributed by atoms with Crippen molar-refractivity contribution in [1.29, 1.82) is 0 Å². The number of ketones is 1. The molecule has 0 fully saturated rings. The van der Waals surface area contributed by atoms with Crippen LogP contribution in [-0.4, -0.2) is 18.6 Å². The number of thioether (sulfide) groups is 2. The van der Waals surface area contributed by atoms with Crippen LogP contribution in [-0.2, 0) is 4.79 Å². The molecule has 1 rings (SSSR count). The second-order valence-corrected chi connectivity index (χ2v) is 6.16. The van der Waals surface area contributed by atoms with E-state index in [4.69, 9.17) is 6.42 Å². The molecule has 0 unspecified atom stereocenters. The van der Waals surface area contributed by atoms with Crippen molar-refractivity contribution >= 4 is 29.3 Å². The van der Waals surface area contributed by atoms with Crippen LogP contribution in [0, 0.1) is 12.3 Å². The molecule has 17 heavy (non-hydrogen) atoms. The first kappa shape index (κ1) is 14.3. The molecule has 4 heteroatoms. The molecule has 0 aromatic carbocycles. The van der Waals surface area contributed by atoms with Gasteiger partial charge in [0.05, 0.1) is 5.03 Å². The highest BCUT2D eigenvalue weighted by molar-refractivity contribution is 8.24. The van der Waals surface area contributed by atoms with Gasteiger partial charge in [0.1, 0.15) is 0 Å². The van der Waals surface area contributed by atoms with Crippen LogP contribution in [0.25, 0.3) is 0 Å². The van der Waals surface area contributed by atoms with Crippen LogP contribution in [0.15, 0.2) is 20.9 Å². The predicted octanol–water partition coefficient (Wildman–Crippen LogP) is 3.13. The first-order chi connectivity index (χ1) is 8.17.